The lowest BCUT2D eigenvalue weighted by molar-refractivity contribution is -0.145. The molecule has 2 heterocycles. The van der Waals surface area contributed by atoms with E-state index in [1.807, 2.05) is 43.3 Å². The summed E-state index contributed by atoms with van der Waals surface area (Å²) >= 11 is 6.72. The van der Waals surface area contributed by atoms with Gasteiger partial charge in [-0.15, -0.1) is 11.3 Å². The topological polar surface area (TPSA) is 64.1 Å². The maximum atomic E-state index is 12.6. The van der Waals surface area contributed by atoms with Gasteiger partial charge in [0.2, 0.25) is 0 Å². The van der Waals surface area contributed by atoms with Crippen LogP contribution in [-0.2, 0) is 29.1 Å². The number of hydrogen-bond donors (Lipinski definition) is 1. The third-order valence-corrected chi connectivity index (χ3v) is 5.12. The third kappa shape index (κ3) is 3.47. The molecule has 3 rings (SSSR count). The normalized spacial score (nSPS) is 10.9. The van der Waals surface area contributed by atoms with Gasteiger partial charge in [0, 0.05) is 4.88 Å². The number of fused-ring (bicyclic) bond motifs is 1. The molecule has 1 N–H and O–H groups in total. The number of benzene rings is 1. The summed E-state index contributed by atoms with van der Waals surface area (Å²) in [6, 6.07) is 11.2. The molecule has 0 amide bonds. The van der Waals surface area contributed by atoms with Gasteiger partial charge in [-0.2, -0.15) is 0 Å². The zero-order valence-electron chi connectivity index (χ0n) is 13.1. The SMILES string of the molecule is CCc1cc2c(=O)n(CC(=O)OCc3ccccc3)c(=S)[nH]c2s1. The second kappa shape index (κ2) is 7.11. The second-order valence-electron chi connectivity index (χ2n) is 5.28. The number of nitrogens with zero attached hydrogens (tertiary/aromatic N) is 1. The number of carbonyl (C=O) groups is 1. The first kappa shape index (κ1) is 16.6. The number of H-pyrrole nitrogens is 1. The Kier molecular flexibility index (Phi) is 4.92. The van der Waals surface area contributed by atoms with Crippen LogP contribution in [0.25, 0.3) is 10.2 Å². The Bertz CT molecular complexity index is 986. The summed E-state index contributed by atoms with van der Waals surface area (Å²) in [6.45, 7) is 2.00. The number of carbonyl (C=O) groups excluding carboxylic acids is 1. The number of aromatic amines is 1. The molecule has 0 fully saturated rings. The Morgan fingerprint density at radius 3 is 2.79 bits per heavy atom. The van der Waals surface area contributed by atoms with Crippen LogP contribution in [0, 0.1) is 4.77 Å². The van der Waals surface area contributed by atoms with Gasteiger partial charge in [-0.25, -0.2) is 0 Å². The van der Waals surface area contributed by atoms with Crippen LogP contribution in [-0.4, -0.2) is 15.5 Å². The molecular weight excluding hydrogens is 344 g/mol. The van der Waals surface area contributed by atoms with E-state index in [2.05, 4.69) is 4.98 Å². The number of aromatic nitrogens is 2. The van der Waals surface area contributed by atoms with E-state index in [9.17, 15) is 9.59 Å². The molecule has 0 saturated heterocycles. The molecule has 24 heavy (non-hydrogen) atoms. The maximum absolute atomic E-state index is 12.6. The fraction of sp³-hybridized carbons (Fsp3) is 0.235. The van der Waals surface area contributed by atoms with E-state index in [-0.39, 0.29) is 23.5 Å². The van der Waals surface area contributed by atoms with Gasteiger partial charge in [-0.1, -0.05) is 37.3 Å². The van der Waals surface area contributed by atoms with Gasteiger partial charge in [0.15, 0.2) is 4.77 Å². The number of ether oxygens (including phenoxy) is 1. The molecule has 5 nitrogen and oxygen atoms in total. The van der Waals surface area contributed by atoms with Crippen LogP contribution in [0.4, 0.5) is 0 Å². The highest BCUT2D eigenvalue weighted by Gasteiger charge is 2.13. The van der Waals surface area contributed by atoms with Crippen LogP contribution < -0.4 is 5.56 Å². The minimum atomic E-state index is -0.495. The van der Waals surface area contributed by atoms with Crippen LogP contribution in [0.15, 0.2) is 41.2 Å². The average molecular weight is 360 g/mol. The van der Waals surface area contributed by atoms with Crippen molar-refractivity contribution in [2.45, 2.75) is 26.5 Å². The van der Waals surface area contributed by atoms with Gasteiger partial charge in [0.1, 0.15) is 18.0 Å². The van der Waals surface area contributed by atoms with Crippen LogP contribution >= 0.6 is 23.6 Å². The summed E-state index contributed by atoms with van der Waals surface area (Å²) in [4.78, 5) is 29.5. The molecule has 0 radical (unpaired) electrons. The fourth-order valence-corrected chi connectivity index (χ4v) is 3.63. The summed E-state index contributed by atoms with van der Waals surface area (Å²) in [5.74, 6) is -0.495. The van der Waals surface area contributed by atoms with Crippen LogP contribution in [0.1, 0.15) is 17.4 Å². The highest BCUT2D eigenvalue weighted by atomic mass is 32.1. The first-order valence-corrected chi connectivity index (χ1v) is 8.76. The first-order valence-electron chi connectivity index (χ1n) is 7.53. The molecule has 0 atom stereocenters. The lowest BCUT2D eigenvalue weighted by atomic mass is 10.2. The van der Waals surface area contributed by atoms with Crippen molar-refractivity contribution in [3.05, 3.63) is 62.0 Å². The van der Waals surface area contributed by atoms with Crippen LogP contribution in [0.5, 0.6) is 0 Å². The van der Waals surface area contributed by atoms with Gasteiger partial charge in [0.25, 0.3) is 5.56 Å². The van der Waals surface area contributed by atoms with Gasteiger partial charge in [0.05, 0.1) is 5.39 Å². The zero-order chi connectivity index (χ0) is 17.1. The molecule has 0 aliphatic heterocycles. The van der Waals surface area contributed by atoms with Crippen LogP contribution in [0.3, 0.4) is 0 Å². The van der Waals surface area contributed by atoms with Gasteiger partial charge >= 0.3 is 5.97 Å². The summed E-state index contributed by atoms with van der Waals surface area (Å²) in [6.07, 6.45) is 0.846. The fourth-order valence-electron chi connectivity index (χ4n) is 2.33. The van der Waals surface area contributed by atoms with Gasteiger partial charge in [-0.3, -0.25) is 14.2 Å². The Morgan fingerprint density at radius 1 is 1.33 bits per heavy atom. The molecule has 0 bridgehead atoms. The van der Waals surface area contributed by atoms with Gasteiger partial charge in [-0.05, 0) is 30.3 Å². The zero-order valence-corrected chi connectivity index (χ0v) is 14.7. The number of rotatable bonds is 5. The highest BCUT2D eigenvalue weighted by Crippen LogP contribution is 2.21. The molecule has 0 aliphatic rings. The lowest BCUT2D eigenvalue weighted by Crippen LogP contribution is -2.26. The van der Waals surface area contributed by atoms with E-state index in [1.54, 1.807) is 0 Å². The van der Waals surface area contributed by atoms with Gasteiger partial charge < -0.3 is 9.72 Å². The molecule has 1 aromatic carbocycles. The lowest BCUT2D eigenvalue weighted by Gasteiger charge is -2.07. The molecule has 0 saturated carbocycles. The van der Waals surface area contributed by atoms with E-state index < -0.39 is 5.97 Å². The minimum Gasteiger partial charge on any atom is -0.459 e. The van der Waals surface area contributed by atoms with Crippen molar-refractivity contribution in [3.63, 3.8) is 0 Å². The largest absolute Gasteiger partial charge is 0.459 e. The van der Waals surface area contributed by atoms with E-state index >= 15 is 0 Å². The number of hydrogen-bond acceptors (Lipinski definition) is 5. The number of esters is 1. The van der Waals surface area contributed by atoms with E-state index in [0.717, 1.165) is 21.7 Å². The van der Waals surface area contributed by atoms with Crippen molar-refractivity contribution in [1.29, 1.82) is 0 Å². The predicted octanol–water partition coefficient (Wildman–Crippen LogP) is 3.43. The Balaban J connectivity index is 1.80. The molecule has 0 unspecified atom stereocenters. The second-order valence-corrected chi connectivity index (χ2v) is 6.80. The summed E-state index contributed by atoms with van der Waals surface area (Å²) in [5, 5.41) is 0.557. The summed E-state index contributed by atoms with van der Waals surface area (Å²) in [5.41, 5.74) is 0.630. The van der Waals surface area contributed by atoms with Crippen molar-refractivity contribution < 1.29 is 9.53 Å². The average Bonchev–Trinajstić information content (AvgIpc) is 3.01. The van der Waals surface area contributed by atoms with E-state index in [1.165, 1.54) is 15.9 Å². The third-order valence-electron chi connectivity index (χ3n) is 3.60. The van der Waals surface area contributed by atoms with Crippen molar-refractivity contribution >= 4 is 39.7 Å². The predicted molar refractivity (Wildman–Crippen MR) is 96.9 cm³/mol. The van der Waals surface area contributed by atoms with Crippen molar-refractivity contribution in [2.75, 3.05) is 0 Å². The number of nitrogens with one attached hydrogen (secondary N) is 1. The van der Waals surface area contributed by atoms with E-state index in [0.29, 0.717) is 5.39 Å². The molecule has 0 spiro atoms. The molecule has 7 heteroatoms. The Labute approximate surface area is 147 Å². The monoisotopic (exact) mass is 360 g/mol. The van der Waals surface area contributed by atoms with Crippen molar-refractivity contribution in [2.24, 2.45) is 0 Å². The quantitative estimate of drug-likeness (QED) is 0.559. The van der Waals surface area contributed by atoms with E-state index in [4.69, 9.17) is 17.0 Å². The molecule has 3 aromatic rings. The smallest absolute Gasteiger partial charge is 0.326 e. The maximum Gasteiger partial charge on any atom is 0.326 e. The Hall–Kier alpha value is -2.25. The molecule has 124 valence electrons. The first-order chi connectivity index (χ1) is 11.6. The highest BCUT2D eigenvalue weighted by molar-refractivity contribution is 7.71. The summed E-state index contributed by atoms with van der Waals surface area (Å²) < 4.78 is 6.70. The van der Waals surface area contributed by atoms with Crippen molar-refractivity contribution in [3.8, 4) is 0 Å². The summed E-state index contributed by atoms with van der Waals surface area (Å²) in [7, 11) is 0. The molecule has 0 aliphatic carbocycles. The van der Waals surface area contributed by atoms with Crippen molar-refractivity contribution in [1.82, 2.24) is 9.55 Å². The molecule has 2 aromatic heterocycles. The standard InChI is InChI=1S/C17H16N2O3S2/c1-2-12-8-13-15(24-12)18-17(23)19(16(13)21)9-14(20)22-10-11-6-4-3-5-7-11/h3-8H,2,9-10H2,1H3,(H,18,23). The van der Waals surface area contributed by atoms with Crippen LogP contribution in [0.2, 0.25) is 0 Å². The Morgan fingerprint density at radius 2 is 2.08 bits per heavy atom. The number of thiophene rings is 1. The minimum absolute atomic E-state index is 0.172. The number of aryl methyl sites for hydroxylation is 1. The molecular formula is C17H16N2O3S2.